The molecule has 5 heteroatoms. The number of fused-ring (bicyclic) bond motifs is 4. The van der Waals surface area contributed by atoms with Gasteiger partial charge in [-0.25, -0.2) is 0 Å². The average Bonchev–Trinajstić information content (AvgIpc) is 2.88. The number of anilines is 1. The van der Waals surface area contributed by atoms with E-state index in [0.29, 0.717) is 19.5 Å². The maximum atomic E-state index is 12.8. The van der Waals surface area contributed by atoms with Crippen LogP contribution in [0.1, 0.15) is 31.7 Å². The van der Waals surface area contributed by atoms with Crippen molar-refractivity contribution in [3.63, 3.8) is 0 Å². The smallest absolute Gasteiger partial charge is 0.227 e. The number of amides is 2. The van der Waals surface area contributed by atoms with Crippen LogP contribution < -0.4 is 4.90 Å². The third kappa shape index (κ3) is 3.80. The maximum Gasteiger partial charge on any atom is 0.227 e. The largest absolute Gasteiger partial charge is 0.378 e. The minimum atomic E-state index is -0.00892. The minimum Gasteiger partial charge on any atom is -0.378 e. The van der Waals surface area contributed by atoms with Crippen molar-refractivity contribution in [2.24, 2.45) is 5.92 Å². The quantitative estimate of drug-likeness (QED) is 0.823. The van der Waals surface area contributed by atoms with Crippen LogP contribution in [0.4, 0.5) is 5.69 Å². The molecular weight excluding hydrogens is 314 g/mol. The van der Waals surface area contributed by atoms with Crippen LogP contribution >= 0.6 is 0 Å². The van der Waals surface area contributed by atoms with Gasteiger partial charge in [0.1, 0.15) is 0 Å². The maximum absolute atomic E-state index is 12.8. The van der Waals surface area contributed by atoms with E-state index in [9.17, 15) is 9.59 Å². The van der Waals surface area contributed by atoms with Gasteiger partial charge in [0.25, 0.3) is 0 Å². The number of carbonyl (C=O) groups is 2. The minimum absolute atomic E-state index is 0.00892. The second-order valence-corrected chi connectivity index (χ2v) is 7.50. The third-order valence-corrected chi connectivity index (χ3v) is 5.42. The fourth-order valence-electron chi connectivity index (χ4n) is 3.98. The van der Waals surface area contributed by atoms with Crippen LogP contribution in [0, 0.1) is 5.92 Å². The molecule has 3 aliphatic heterocycles. The molecule has 0 radical (unpaired) electrons. The van der Waals surface area contributed by atoms with Crippen LogP contribution in [0.25, 0.3) is 0 Å². The Labute approximate surface area is 150 Å². The molecule has 0 unspecified atom stereocenters. The normalized spacial score (nSPS) is 22.9. The first-order valence-electron chi connectivity index (χ1n) is 9.34. The fraction of sp³-hybridized carbons (Fsp3) is 0.600. The summed E-state index contributed by atoms with van der Waals surface area (Å²) in [7, 11) is 4.01. The van der Waals surface area contributed by atoms with E-state index in [1.54, 1.807) is 0 Å². The topological polar surface area (TPSA) is 43.9 Å². The highest BCUT2D eigenvalue weighted by Crippen LogP contribution is 2.29. The van der Waals surface area contributed by atoms with Crippen molar-refractivity contribution in [2.45, 2.75) is 38.6 Å². The monoisotopic (exact) mass is 343 g/mol. The van der Waals surface area contributed by atoms with Gasteiger partial charge in [-0.2, -0.15) is 0 Å². The van der Waals surface area contributed by atoms with Crippen molar-refractivity contribution in [1.82, 2.24) is 9.80 Å². The molecule has 0 N–H and O–H groups in total. The second kappa shape index (κ2) is 7.46. The summed E-state index contributed by atoms with van der Waals surface area (Å²) < 4.78 is 0. The van der Waals surface area contributed by atoms with E-state index < -0.39 is 0 Å². The highest BCUT2D eigenvalue weighted by Gasteiger charge is 2.41. The van der Waals surface area contributed by atoms with Crippen molar-refractivity contribution in [2.75, 3.05) is 38.6 Å². The van der Waals surface area contributed by atoms with Gasteiger partial charge in [0, 0.05) is 45.5 Å². The summed E-state index contributed by atoms with van der Waals surface area (Å²) in [6, 6.07) is 8.33. The highest BCUT2D eigenvalue weighted by atomic mass is 16.2. The molecule has 3 fully saturated rings. The Kier molecular flexibility index (Phi) is 5.30. The van der Waals surface area contributed by atoms with E-state index in [0.717, 1.165) is 37.1 Å². The molecular formula is C20H29N3O2. The molecule has 2 bridgehead atoms. The third-order valence-electron chi connectivity index (χ3n) is 5.42. The summed E-state index contributed by atoms with van der Waals surface area (Å²) >= 11 is 0. The van der Waals surface area contributed by atoms with Gasteiger partial charge in [-0.05, 0) is 37.0 Å². The predicted molar refractivity (Wildman–Crippen MR) is 99.6 cm³/mol. The molecule has 25 heavy (non-hydrogen) atoms. The first kappa shape index (κ1) is 17.8. The lowest BCUT2D eigenvalue weighted by molar-refractivity contribution is -0.139. The predicted octanol–water partition coefficient (Wildman–Crippen LogP) is 2.15. The summed E-state index contributed by atoms with van der Waals surface area (Å²) in [4.78, 5) is 31.4. The van der Waals surface area contributed by atoms with Crippen molar-refractivity contribution in [3.05, 3.63) is 29.8 Å². The van der Waals surface area contributed by atoms with Gasteiger partial charge in [-0.1, -0.05) is 19.1 Å². The van der Waals surface area contributed by atoms with E-state index in [1.807, 2.05) is 53.1 Å². The number of hydrogen-bond acceptors (Lipinski definition) is 3. The number of benzene rings is 1. The molecule has 1 aromatic carbocycles. The van der Waals surface area contributed by atoms with E-state index in [2.05, 4.69) is 6.92 Å². The van der Waals surface area contributed by atoms with Gasteiger partial charge < -0.3 is 14.7 Å². The van der Waals surface area contributed by atoms with Gasteiger partial charge >= 0.3 is 0 Å². The Morgan fingerprint density at radius 2 is 1.88 bits per heavy atom. The standard InChI is InChI=1S/C20H29N3O2/c1-4-11-23-18-10-7-16(20(23)25)13-22(14-18)19(24)12-15-5-8-17(9-6-15)21(2)3/h5-6,8-9,16,18H,4,7,10-14H2,1-3H3/t16-,18+/m0/s1. The Balaban J connectivity index is 1.67. The molecule has 2 amide bonds. The molecule has 0 saturated carbocycles. The van der Waals surface area contributed by atoms with Gasteiger partial charge in [0.05, 0.1) is 12.3 Å². The summed E-state index contributed by atoms with van der Waals surface area (Å²) in [5.41, 5.74) is 2.16. The average molecular weight is 343 g/mol. The zero-order chi connectivity index (χ0) is 18.0. The molecule has 2 atom stereocenters. The highest BCUT2D eigenvalue weighted by molar-refractivity contribution is 5.84. The molecule has 136 valence electrons. The molecule has 0 spiro atoms. The van der Waals surface area contributed by atoms with E-state index in [-0.39, 0.29) is 23.8 Å². The number of carbonyl (C=O) groups excluding carboxylic acids is 2. The summed E-state index contributed by atoms with van der Waals surface area (Å²) in [5, 5.41) is 0. The van der Waals surface area contributed by atoms with Crippen LogP contribution in [0.5, 0.6) is 0 Å². The number of hydrogen-bond donors (Lipinski definition) is 0. The lowest BCUT2D eigenvalue weighted by atomic mass is 9.94. The van der Waals surface area contributed by atoms with Crippen LogP contribution in [-0.2, 0) is 16.0 Å². The molecule has 1 aromatic rings. The summed E-state index contributed by atoms with van der Waals surface area (Å²) in [6.07, 6.45) is 3.33. The van der Waals surface area contributed by atoms with Crippen molar-refractivity contribution >= 4 is 17.5 Å². The molecule has 3 saturated heterocycles. The zero-order valence-electron chi connectivity index (χ0n) is 15.6. The molecule has 4 rings (SSSR count). The zero-order valence-corrected chi connectivity index (χ0v) is 15.6. The van der Waals surface area contributed by atoms with Gasteiger partial charge in [-0.15, -0.1) is 0 Å². The molecule has 0 aromatic heterocycles. The number of piperidine rings is 1. The Hall–Kier alpha value is -2.04. The fourth-order valence-corrected chi connectivity index (χ4v) is 3.98. The van der Waals surface area contributed by atoms with Crippen LogP contribution in [0.15, 0.2) is 24.3 Å². The van der Waals surface area contributed by atoms with Gasteiger partial charge in [0.15, 0.2) is 0 Å². The molecule has 5 nitrogen and oxygen atoms in total. The first-order chi connectivity index (χ1) is 12.0. The summed E-state index contributed by atoms with van der Waals surface area (Å²) in [6.45, 7) is 4.20. The SMILES string of the molecule is CCCN1C(=O)[C@H]2CC[C@@H]1CN(C(=O)Cc1ccc(N(C)C)cc1)C2. The molecule has 0 aliphatic carbocycles. The van der Waals surface area contributed by atoms with E-state index in [1.165, 1.54) is 0 Å². The van der Waals surface area contributed by atoms with Crippen LogP contribution in [0.3, 0.4) is 0 Å². The number of nitrogens with zero attached hydrogens (tertiary/aromatic N) is 3. The van der Waals surface area contributed by atoms with E-state index >= 15 is 0 Å². The second-order valence-electron chi connectivity index (χ2n) is 7.50. The number of rotatable bonds is 5. The Morgan fingerprint density at radius 1 is 1.16 bits per heavy atom. The molecule has 3 heterocycles. The van der Waals surface area contributed by atoms with Crippen molar-refractivity contribution in [1.29, 1.82) is 0 Å². The Bertz CT molecular complexity index is 626. The van der Waals surface area contributed by atoms with Gasteiger partial charge in [-0.3, -0.25) is 9.59 Å². The lowest BCUT2D eigenvalue weighted by Gasteiger charge is -2.35. The molecule has 3 aliphatic rings. The van der Waals surface area contributed by atoms with Crippen molar-refractivity contribution < 1.29 is 9.59 Å². The van der Waals surface area contributed by atoms with E-state index in [4.69, 9.17) is 0 Å². The first-order valence-corrected chi connectivity index (χ1v) is 9.34. The van der Waals surface area contributed by atoms with Crippen LogP contribution in [0.2, 0.25) is 0 Å². The Morgan fingerprint density at radius 3 is 2.52 bits per heavy atom. The van der Waals surface area contributed by atoms with Crippen molar-refractivity contribution in [3.8, 4) is 0 Å². The van der Waals surface area contributed by atoms with Gasteiger partial charge in [0.2, 0.25) is 11.8 Å². The lowest BCUT2D eigenvalue weighted by Crippen LogP contribution is -2.48. The summed E-state index contributed by atoms with van der Waals surface area (Å²) in [5.74, 6) is 0.384. The van der Waals surface area contributed by atoms with Crippen LogP contribution in [-0.4, -0.2) is 61.4 Å².